The van der Waals surface area contributed by atoms with Crippen molar-refractivity contribution in [1.29, 1.82) is 0 Å². The number of rotatable bonds is 4. The fourth-order valence-electron chi connectivity index (χ4n) is 2.65. The first-order valence-electron chi connectivity index (χ1n) is 8.17. The van der Waals surface area contributed by atoms with E-state index in [2.05, 4.69) is 20.3 Å². The van der Waals surface area contributed by atoms with Crippen LogP contribution in [-0.2, 0) is 0 Å². The van der Waals surface area contributed by atoms with Crippen LogP contribution in [0, 0.1) is 6.92 Å². The molecule has 3 aromatic rings. The molecule has 25 heavy (non-hydrogen) atoms. The number of hydrogen-bond donors (Lipinski definition) is 1. The van der Waals surface area contributed by atoms with Gasteiger partial charge in [0.25, 0.3) is 0 Å². The van der Waals surface area contributed by atoms with Crippen LogP contribution in [-0.4, -0.2) is 34.2 Å². The van der Waals surface area contributed by atoms with Crippen molar-refractivity contribution in [3.63, 3.8) is 0 Å². The summed E-state index contributed by atoms with van der Waals surface area (Å²) in [5.74, 6) is 2.91. The number of anilines is 1. The summed E-state index contributed by atoms with van der Waals surface area (Å²) in [6, 6.07) is 15.3. The van der Waals surface area contributed by atoms with Crippen molar-refractivity contribution in [1.82, 2.24) is 15.0 Å². The summed E-state index contributed by atoms with van der Waals surface area (Å²) in [6.45, 7) is 3.03. The van der Waals surface area contributed by atoms with Crippen molar-refractivity contribution in [3.05, 3.63) is 60.4 Å². The second-order valence-electron chi connectivity index (χ2n) is 5.81. The Balaban J connectivity index is 1.46. The number of pyridine rings is 1. The fraction of sp³-hybridized carbons (Fsp3) is 0.211. The van der Waals surface area contributed by atoms with Crippen LogP contribution in [0.25, 0.3) is 11.5 Å². The minimum absolute atomic E-state index is 0.0801. The van der Waals surface area contributed by atoms with Gasteiger partial charge in [-0.25, -0.2) is 9.97 Å². The lowest BCUT2D eigenvalue weighted by Crippen LogP contribution is -2.35. The molecule has 0 spiro atoms. The van der Waals surface area contributed by atoms with Gasteiger partial charge in [-0.05, 0) is 31.2 Å². The lowest BCUT2D eigenvalue weighted by atomic mass is 10.2. The molecule has 0 fully saturated rings. The van der Waals surface area contributed by atoms with E-state index in [1.165, 1.54) is 0 Å². The molecule has 1 atom stereocenters. The number of fused-ring (bicyclic) bond motifs is 1. The van der Waals surface area contributed by atoms with Gasteiger partial charge in [0.15, 0.2) is 17.3 Å². The molecule has 3 heterocycles. The molecule has 0 saturated carbocycles. The van der Waals surface area contributed by atoms with Crippen LogP contribution < -0.4 is 14.8 Å². The van der Waals surface area contributed by atoms with Crippen LogP contribution in [0.5, 0.6) is 11.5 Å². The van der Waals surface area contributed by atoms with Gasteiger partial charge in [0.2, 0.25) is 0 Å². The lowest BCUT2D eigenvalue weighted by molar-refractivity contribution is 0.0997. The van der Waals surface area contributed by atoms with E-state index in [1.54, 1.807) is 6.20 Å². The average Bonchev–Trinajstić information content (AvgIpc) is 2.66. The number of ether oxygens (including phenoxy) is 2. The van der Waals surface area contributed by atoms with Gasteiger partial charge >= 0.3 is 0 Å². The van der Waals surface area contributed by atoms with Crippen molar-refractivity contribution >= 4 is 5.82 Å². The third-order valence-corrected chi connectivity index (χ3v) is 3.83. The van der Waals surface area contributed by atoms with Crippen LogP contribution in [0.15, 0.2) is 54.7 Å². The van der Waals surface area contributed by atoms with Crippen LogP contribution >= 0.6 is 0 Å². The molecule has 0 aliphatic carbocycles. The number of benzene rings is 1. The van der Waals surface area contributed by atoms with Crippen molar-refractivity contribution in [2.75, 3.05) is 18.5 Å². The largest absolute Gasteiger partial charge is 0.486 e. The summed E-state index contributed by atoms with van der Waals surface area (Å²) in [7, 11) is 0. The van der Waals surface area contributed by atoms with E-state index in [4.69, 9.17) is 9.47 Å². The van der Waals surface area contributed by atoms with Gasteiger partial charge in [-0.15, -0.1) is 0 Å². The van der Waals surface area contributed by atoms with Crippen molar-refractivity contribution in [3.8, 4) is 23.0 Å². The molecule has 1 aromatic carbocycles. The highest BCUT2D eigenvalue weighted by atomic mass is 16.6. The topological polar surface area (TPSA) is 69.2 Å². The molecule has 1 aliphatic heterocycles. The Morgan fingerprint density at radius 3 is 2.76 bits per heavy atom. The number of nitrogens with zero attached hydrogens (tertiary/aromatic N) is 3. The first-order chi connectivity index (χ1) is 12.3. The number of para-hydroxylation sites is 2. The van der Waals surface area contributed by atoms with E-state index in [-0.39, 0.29) is 6.10 Å². The molecule has 1 N–H and O–H groups in total. The van der Waals surface area contributed by atoms with Gasteiger partial charge in [-0.3, -0.25) is 4.98 Å². The van der Waals surface area contributed by atoms with Gasteiger partial charge < -0.3 is 14.8 Å². The van der Waals surface area contributed by atoms with Crippen molar-refractivity contribution < 1.29 is 9.47 Å². The number of aromatic nitrogens is 3. The van der Waals surface area contributed by atoms with Crippen LogP contribution in [0.3, 0.4) is 0 Å². The predicted molar refractivity (Wildman–Crippen MR) is 94.8 cm³/mol. The summed E-state index contributed by atoms with van der Waals surface area (Å²) in [4.78, 5) is 13.3. The Kier molecular flexibility index (Phi) is 4.16. The zero-order valence-corrected chi connectivity index (χ0v) is 13.8. The Bertz CT molecular complexity index is 870. The summed E-state index contributed by atoms with van der Waals surface area (Å²) in [5, 5.41) is 3.31. The highest BCUT2D eigenvalue weighted by molar-refractivity contribution is 5.52. The van der Waals surface area contributed by atoms with Gasteiger partial charge in [0.1, 0.15) is 24.2 Å². The molecule has 0 amide bonds. The molecule has 1 aliphatic rings. The molecule has 6 heteroatoms. The van der Waals surface area contributed by atoms with Crippen LogP contribution in [0.4, 0.5) is 5.82 Å². The summed E-state index contributed by atoms with van der Waals surface area (Å²) in [5.41, 5.74) is 1.63. The monoisotopic (exact) mass is 334 g/mol. The Hall–Kier alpha value is -3.15. The molecular weight excluding hydrogens is 316 g/mol. The highest BCUT2D eigenvalue weighted by Gasteiger charge is 2.20. The minimum Gasteiger partial charge on any atom is -0.486 e. The maximum Gasteiger partial charge on any atom is 0.180 e. The normalized spacial score (nSPS) is 15.6. The maximum absolute atomic E-state index is 5.96. The van der Waals surface area contributed by atoms with Crippen LogP contribution in [0.2, 0.25) is 0 Å². The number of hydrogen-bond acceptors (Lipinski definition) is 6. The van der Waals surface area contributed by atoms with Crippen LogP contribution in [0.1, 0.15) is 5.69 Å². The zero-order valence-electron chi connectivity index (χ0n) is 13.8. The molecule has 4 rings (SSSR count). The molecule has 6 nitrogen and oxygen atoms in total. The predicted octanol–water partition coefficient (Wildman–Crippen LogP) is 3.10. The maximum atomic E-state index is 5.96. The lowest BCUT2D eigenvalue weighted by Gasteiger charge is -2.26. The summed E-state index contributed by atoms with van der Waals surface area (Å²) in [6.07, 6.45) is 1.65. The molecule has 1 unspecified atom stereocenters. The smallest absolute Gasteiger partial charge is 0.180 e. The van der Waals surface area contributed by atoms with Gasteiger partial charge in [0.05, 0.1) is 6.54 Å². The standard InChI is InChI=1S/C19H18N4O2/c1-13-10-18(23-19(22-13)15-6-4-5-9-20-15)21-11-14-12-24-16-7-2-3-8-17(16)25-14/h2-10,14H,11-12H2,1H3,(H,21,22,23). The van der Waals surface area contributed by atoms with Gasteiger partial charge in [-0.1, -0.05) is 18.2 Å². The minimum atomic E-state index is -0.0801. The first-order valence-corrected chi connectivity index (χ1v) is 8.17. The van der Waals surface area contributed by atoms with E-state index < -0.39 is 0 Å². The second kappa shape index (κ2) is 6.76. The van der Waals surface area contributed by atoms with Gasteiger partial charge in [0, 0.05) is 18.0 Å². The highest BCUT2D eigenvalue weighted by Crippen LogP contribution is 2.30. The molecule has 0 radical (unpaired) electrons. The Morgan fingerprint density at radius 2 is 1.92 bits per heavy atom. The molecule has 0 bridgehead atoms. The SMILES string of the molecule is Cc1cc(NCC2COc3ccccc3O2)nc(-c2ccccn2)n1. The Labute approximate surface area is 145 Å². The second-order valence-corrected chi connectivity index (χ2v) is 5.81. The first kappa shape index (κ1) is 15.4. The third kappa shape index (κ3) is 3.52. The zero-order chi connectivity index (χ0) is 17.1. The molecule has 2 aromatic heterocycles. The van der Waals surface area contributed by atoms with Crippen molar-refractivity contribution in [2.24, 2.45) is 0 Å². The molecule has 126 valence electrons. The van der Waals surface area contributed by atoms with Crippen molar-refractivity contribution in [2.45, 2.75) is 13.0 Å². The van der Waals surface area contributed by atoms with E-state index in [9.17, 15) is 0 Å². The van der Waals surface area contributed by atoms with E-state index >= 15 is 0 Å². The van der Waals surface area contributed by atoms with Gasteiger partial charge in [-0.2, -0.15) is 0 Å². The fourth-order valence-corrected chi connectivity index (χ4v) is 2.65. The van der Waals surface area contributed by atoms with E-state index in [0.717, 1.165) is 28.7 Å². The quantitative estimate of drug-likeness (QED) is 0.791. The average molecular weight is 334 g/mol. The molecular formula is C19H18N4O2. The van der Waals surface area contributed by atoms with E-state index in [0.29, 0.717) is 19.0 Å². The number of aryl methyl sites for hydroxylation is 1. The Morgan fingerprint density at radius 1 is 1.08 bits per heavy atom. The van der Waals surface area contributed by atoms with E-state index in [1.807, 2.05) is 55.5 Å². The molecule has 0 saturated heterocycles. The summed E-state index contributed by atoms with van der Waals surface area (Å²) < 4.78 is 11.7. The number of nitrogens with one attached hydrogen (secondary N) is 1. The summed E-state index contributed by atoms with van der Waals surface area (Å²) >= 11 is 0. The third-order valence-electron chi connectivity index (χ3n) is 3.83.